The minimum Gasteiger partial charge on any atom is -0.308 e. The summed E-state index contributed by atoms with van der Waals surface area (Å²) in [5, 5.41) is 0.236. The third-order valence-electron chi connectivity index (χ3n) is 6.48. The van der Waals surface area contributed by atoms with E-state index in [-0.39, 0.29) is 40.1 Å². The minimum absolute atomic E-state index is 0. The van der Waals surface area contributed by atoms with Gasteiger partial charge >= 0.3 is 0 Å². The van der Waals surface area contributed by atoms with E-state index in [0.717, 1.165) is 28.5 Å². The van der Waals surface area contributed by atoms with Crippen LogP contribution < -0.4 is 4.90 Å². The van der Waals surface area contributed by atoms with Crippen molar-refractivity contribution in [2.75, 3.05) is 38.6 Å². The molecule has 0 aliphatic carbocycles. The molecule has 0 spiro atoms. The number of anilines is 1. The van der Waals surface area contributed by atoms with Crippen molar-refractivity contribution in [2.24, 2.45) is 0 Å². The van der Waals surface area contributed by atoms with E-state index in [1.807, 2.05) is 43.3 Å². The number of fused-ring (bicyclic) bond motifs is 2. The van der Waals surface area contributed by atoms with Crippen LogP contribution in [-0.2, 0) is 23.0 Å². The molecule has 206 valence electrons. The molecule has 39 heavy (non-hydrogen) atoms. The Kier molecular flexibility index (Phi) is 8.67. The Labute approximate surface area is 236 Å². The molecule has 3 aromatic carbocycles. The summed E-state index contributed by atoms with van der Waals surface area (Å²) in [4.78, 5) is 21.2. The number of carbonyl (C=O) groups excluding carboxylic acids is 1. The number of halogens is 3. The van der Waals surface area contributed by atoms with Gasteiger partial charge in [-0.15, -0.1) is 12.4 Å². The summed E-state index contributed by atoms with van der Waals surface area (Å²) >= 11 is 1.02. The average Bonchev–Trinajstić information content (AvgIpc) is 3.32. The van der Waals surface area contributed by atoms with Gasteiger partial charge in [-0.2, -0.15) is 4.31 Å². The van der Waals surface area contributed by atoms with Crippen molar-refractivity contribution in [1.29, 1.82) is 0 Å². The van der Waals surface area contributed by atoms with Crippen LogP contribution in [0.2, 0.25) is 0 Å². The second-order valence-electron chi connectivity index (χ2n) is 9.37. The lowest BCUT2D eigenvalue weighted by Crippen LogP contribution is -2.37. The zero-order valence-electron chi connectivity index (χ0n) is 21.3. The van der Waals surface area contributed by atoms with Crippen LogP contribution in [0.15, 0.2) is 65.6 Å². The molecule has 2 heterocycles. The fraction of sp³-hybridized carbons (Fsp3) is 0.259. The fourth-order valence-electron chi connectivity index (χ4n) is 4.39. The molecule has 1 aromatic heterocycles. The van der Waals surface area contributed by atoms with Gasteiger partial charge in [0, 0.05) is 37.8 Å². The number of rotatable bonds is 7. The fourth-order valence-corrected chi connectivity index (χ4v) is 6.84. The Morgan fingerprint density at radius 3 is 2.41 bits per heavy atom. The van der Waals surface area contributed by atoms with Crippen molar-refractivity contribution in [3.63, 3.8) is 0 Å². The quantitative estimate of drug-likeness (QED) is 0.304. The molecule has 4 aromatic rings. The van der Waals surface area contributed by atoms with Crippen LogP contribution in [0.5, 0.6) is 0 Å². The topological polar surface area (TPSA) is 73.8 Å². The normalized spacial score (nSPS) is 13.8. The van der Waals surface area contributed by atoms with Crippen LogP contribution in [0.25, 0.3) is 10.2 Å². The van der Waals surface area contributed by atoms with E-state index in [0.29, 0.717) is 30.8 Å². The summed E-state index contributed by atoms with van der Waals surface area (Å²) in [7, 11) is -0.0413. The van der Waals surface area contributed by atoms with Crippen molar-refractivity contribution in [1.82, 2.24) is 14.2 Å². The predicted octanol–water partition coefficient (Wildman–Crippen LogP) is 4.95. The molecule has 1 amide bonds. The number of thiazole rings is 1. The number of likely N-dealkylation sites (N-methyl/N-ethyl adjacent to an activating group) is 1. The number of benzene rings is 3. The largest absolute Gasteiger partial charge is 0.308 e. The second-order valence-corrected chi connectivity index (χ2v) is 12.3. The summed E-state index contributed by atoms with van der Waals surface area (Å²) in [6.45, 7) is 1.43. The SMILES string of the molecule is CN(C)CCN(C(=O)c1ccc(S(=O)(=O)N2CCc3ccccc3C2)cc1)c1nc2c(F)cc(F)cc2s1.Cl. The van der Waals surface area contributed by atoms with Gasteiger partial charge in [0.15, 0.2) is 10.9 Å². The van der Waals surface area contributed by atoms with Crippen LogP contribution in [0, 0.1) is 11.6 Å². The summed E-state index contributed by atoms with van der Waals surface area (Å²) in [6, 6.07) is 15.6. The summed E-state index contributed by atoms with van der Waals surface area (Å²) in [5.41, 5.74) is 2.39. The van der Waals surface area contributed by atoms with Gasteiger partial charge in [-0.05, 0) is 62.0 Å². The second kappa shape index (κ2) is 11.6. The van der Waals surface area contributed by atoms with Crippen molar-refractivity contribution in [3.05, 3.63) is 89.0 Å². The van der Waals surface area contributed by atoms with Gasteiger partial charge in [-0.1, -0.05) is 35.6 Å². The molecule has 0 fully saturated rings. The van der Waals surface area contributed by atoms with E-state index in [4.69, 9.17) is 0 Å². The van der Waals surface area contributed by atoms with Gasteiger partial charge in [0.25, 0.3) is 5.91 Å². The molecule has 12 heteroatoms. The van der Waals surface area contributed by atoms with Gasteiger partial charge in [0.1, 0.15) is 11.3 Å². The zero-order chi connectivity index (χ0) is 27.0. The first-order chi connectivity index (χ1) is 18.1. The number of carbonyl (C=O) groups is 1. The van der Waals surface area contributed by atoms with Crippen LogP contribution in [-0.4, -0.2) is 62.2 Å². The third-order valence-corrected chi connectivity index (χ3v) is 9.37. The number of amides is 1. The number of sulfonamides is 1. The van der Waals surface area contributed by atoms with Crippen LogP contribution in [0.3, 0.4) is 0 Å². The number of hydrogen-bond donors (Lipinski definition) is 0. The number of aromatic nitrogens is 1. The average molecular weight is 593 g/mol. The molecule has 0 N–H and O–H groups in total. The molecule has 0 saturated heterocycles. The lowest BCUT2D eigenvalue weighted by molar-refractivity contribution is 0.0985. The van der Waals surface area contributed by atoms with Gasteiger partial charge < -0.3 is 4.90 Å². The molecule has 0 atom stereocenters. The Morgan fingerprint density at radius 1 is 1.03 bits per heavy atom. The van der Waals surface area contributed by atoms with E-state index >= 15 is 0 Å². The monoisotopic (exact) mass is 592 g/mol. The molecule has 7 nitrogen and oxygen atoms in total. The van der Waals surface area contributed by atoms with E-state index in [2.05, 4.69) is 4.98 Å². The van der Waals surface area contributed by atoms with Crippen molar-refractivity contribution in [2.45, 2.75) is 17.9 Å². The highest BCUT2D eigenvalue weighted by Gasteiger charge is 2.29. The first-order valence-electron chi connectivity index (χ1n) is 12.0. The van der Waals surface area contributed by atoms with Gasteiger partial charge in [0.05, 0.1) is 9.60 Å². The summed E-state index contributed by atoms with van der Waals surface area (Å²) < 4.78 is 56.4. The maximum Gasteiger partial charge on any atom is 0.260 e. The van der Waals surface area contributed by atoms with Gasteiger partial charge in [-0.25, -0.2) is 22.2 Å². The molecule has 0 bridgehead atoms. The van der Waals surface area contributed by atoms with E-state index in [9.17, 15) is 22.0 Å². The van der Waals surface area contributed by atoms with Crippen LogP contribution >= 0.6 is 23.7 Å². The molecular formula is C27H27ClF2N4O3S2. The molecular weight excluding hydrogens is 566 g/mol. The van der Waals surface area contributed by atoms with E-state index in [1.54, 1.807) is 0 Å². The smallest absolute Gasteiger partial charge is 0.260 e. The highest BCUT2D eigenvalue weighted by atomic mass is 35.5. The Morgan fingerprint density at radius 2 is 1.72 bits per heavy atom. The molecule has 5 rings (SSSR count). The lowest BCUT2D eigenvalue weighted by atomic mass is 10.0. The lowest BCUT2D eigenvalue weighted by Gasteiger charge is -2.28. The van der Waals surface area contributed by atoms with Gasteiger partial charge in [-0.3, -0.25) is 9.69 Å². The van der Waals surface area contributed by atoms with E-state index < -0.39 is 27.6 Å². The maximum atomic E-state index is 14.3. The highest BCUT2D eigenvalue weighted by Crippen LogP contribution is 2.32. The molecule has 1 aliphatic rings. The van der Waals surface area contributed by atoms with Crippen molar-refractivity contribution in [3.8, 4) is 0 Å². The molecule has 1 aliphatic heterocycles. The van der Waals surface area contributed by atoms with Gasteiger partial charge in [0.2, 0.25) is 10.0 Å². The maximum absolute atomic E-state index is 14.3. The number of hydrogen-bond acceptors (Lipinski definition) is 6. The predicted molar refractivity (Wildman–Crippen MR) is 151 cm³/mol. The third kappa shape index (κ3) is 5.97. The highest BCUT2D eigenvalue weighted by molar-refractivity contribution is 7.89. The number of nitrogens with zero attached hydrogens (tertiary/aromatic N) is 4. The van der Waals surface area contributed by atoms with Crippen molar-refractivity contribution >= 4 is 55.0 Å². The Hall–Kier alpha value is -2.96. The summed E-state index contributed by atoms with van der Waals surface area (Å²) in [5.74, 6) is -1.93. The van der Waals surface area contributed by atoms with Crippen LogP contribution in [0.4, 0.5) is 13.9 Å². The van der Waals surface area contributed by atoms with E-state index in [1.165, 1.54) is 39.5 Å². The standard InChI is InChI=1S/C27H26F2N4O3S2.ClH/c1-31(2)13-14-33(27-30-25-23(29)15-21(28)16-24(25)37-27)26(34)19-7-9-22(10-8-19)38(35,36)32-12-11-18-5-3-4-6-20(18)17-32;/h3-10,15-16H,11-14,17H2,1-2H3;1H. The first kappa shape index (κ1) is 29.0. The Bertz CT molecular complexity index is 1610. The Balaban J connectivity index is 0.00000353. The van der Waals surface area contributed by atoms with Crippen molar-refractivity contribution < 1.29 is 22.0 Å². The molecule has 0 saturated carbocycles. The zero-order valence-corrected chi connectivity index (χ0v) is 23.8. The summed E-state index contributed by atoms with van der Waals surface area (Å²) in [6.07, 6.45) is 0.638. The molecule has 0 radical (unpaired) electrons. The van der Waals surface area contributed by atoms with Crippen LogP contribution in [0.1, 0.15) is 21.5 Å². The minimum atomic E-state index is -3.75. The first-order valence-corrected chi connectivity index (χ1v) is 14.3. The molecule has 0 unspecified atom stereocenters.